The van der Waals surface area contributed by atoms with Crippen LogP contribution in [0.3, 0.4) is 0 Å². The lowest BCUT2D eigenvalue weighted by molar-refractivity contribution is 0.0149. The topological polar surface area (TPSA) is 65.7 Å². The van der Waals surface area contributed by atoms with E-state index in [1.807, 2.05) is 51.0 Å². The van der Waals surface area contributed by atoms with Crippen molar-refractivity contribution in [2.45, 2.75) is 46.1 Å². The van der Waals surface area contributed by atoms with Crippen LogP contribution >= 0.6 is 0 Å². The van der Waals surface area contributed by atoms with Crippen LogP contribution in [0.5, 0.6) is 0 Å². The molecular formula is C25H28FN5O. The largest absolute Gasteiger partial charge is 0.373 e. The minimum atomic E-state index is -0.287. The molecule has 0 saturated carbocycles. The Kier molecular flexibility index (Phi) is 6.55. The summed E-state index contributed by atoms with van der Waals surface area (Å²) >= 11 is 0. The molecule has 0 amide bonds. The van der Waals surface area contributed by atoms with Gasteiger partial charge in [0.25, 0.3) is 0 Å². The van der Waals surface area contributed by atoms with E-state index in [1.54, 1.807) is 18.3 Å². The van der Waals surface area contributed by atoms with Crippen molar-refractivity contribution in [2.24, 2.45) is 7.05 Å². The standard InChI is InChI=1S/C16H14FN3.C9H14N2O/c1-9-4-5-12(13(17)8-9)15-16-14(6-7-18-15)19-10(2)11(3)20-16;1-11-7-8(6-10-11)9-4-2-3-5-12-9/h4-8H,1-3H3;6-7,9H,2-5H2,1H3. The Balaban J connectivity index is 0.000000174. The van der Waals surface area contributed by atoms with Gasteiger partial charge in [0, 0.05) is 37.2 Å². The molecule has 0 N–H and O–H groups in total. The van der Waals surface area contributed by atoms with E-state index in [4.69, 9.17) is 4.74 Å². The van der Waals surface area contributed by atoms with Gasteiger partial charge in [0.15, 0.2) is 0 Å². The second kappa shape index (κ2) is 9.53. The number of fused-ring (bicyclic) bond motifs is 1. The lowest BCUT2D eigenvalue weighted by atomic mass is 10.0. The minimum Gasteiger partial charge on any atom is -0.373 e. The van der Waals surface area contributed by atoms with Crippen LogP contribution in [0.25, 0.3) is 22.3 Å². The average molecular weight is 434 g/mol. The number of hydrogen-bond acceptors (Lipinski definition) is 5. The number of nitrogens with zero attached hydrogens (tertiary/aromatic N) is 5. The van der Waals surface area contributed by atoms with Crippen LogP contribution in [0.15, 0.2) is 42.9 Å². The average Bonchev–Trinajstić information content (AvgIpc) is 3.22. The minimum absolute atomic E-state index is 0.287. The van der Waals surface area contributed by atoms with Gasteiger partial charge in [0.2, 0.25) is 0 Å². The molecule has 4 heterocycles. The highest BCUT2D eigenvalue weighted by atomic mass is 19.1. The van der Waals surface area contributed by atoms with Crippen molar-refractivity contribution >= 4 is 11.0 Å². The maximum Gasteiger partial charge on any atom is 0.132 e. The van der Waals surface area contributed by atoms with Crippen LogP contribution in [0.2, 0.25) is 0 Å². The van der Waals surface area contributed by atoms with E-state index < -0.39 is 0 Å². The van der Waals surface area contributed by atoms with E-state index in [2.05, 4.69) is 20.1 Å². The summed E-state index contributed by atoms with van der Waals surface area (Å²) in [4.78, 5) is 13.3. The summed E-state index contributed by atoms with van der Waals surface area (Å²) < 4.78 is 21.6. The molecule has 5 rings (SSSR count). The highest BCUT2D eigenvalue weighted by Crippen LogP contribution is 2.28. The molecule has 1 fully saturated rings. The number of ether oxygens (including phenoxy) is 1. The monoisotopic (exact) mass is 433 g/mol. The van der Waals surface area contributed by atoms with E-state index in [0.717, 1.165) is 35.5 Å². The number of hydrogen-bond donors (Lipinski definition) is 0. The molecule has 1 aromatic carbocycles. The fraction of sp³-hybridized carbons (Fsp3) is 0.360. The molecule has 0 spiro atoms. The Morgan fingerprint density at radius 1 is 1.06 bits per heavy atom. The van der Waals surface area contributed by atoms with Gasteiger partial charge in [-0.1, -0.05) is 6.07 Å². The molecule has 7 heteroatoms. The van der Waals surface area contributed by atoms with Crippen LogP contribution in [-0.4, -0.2) is 31.3 Å². The van der Waals surface area contributed by atoms with Crippen LogP contribution in [0.1, 0.15) is 47.9 Å². The van der Waals surface area contributed by atoms with E-state index in [1.165, 1.54) is 24.5 Å². The van der Waals surface area contributed by atoms with Gasteiger partial charge in [-0.15, -0.1) is 0 Å². The molecule has 32 heavy (non-hydrogen) atoms. The first-order valence-electron chi connectivity index (χ1n) is 10.9. The van der Waals surface area contributed by atoms with Crippen molar-refractivity contribution < 1.29 is 9.13 Å². The van der Waals surface area contributed by atoms with E-state index in [0.29, 0.717) is 22.9 Å². The molecule has 0 radical (unpaired) electrons. The summed E-state index contributed by atoms with van der Waals surface area (Å²) in [5.74, 6) is -0.287. The van der Waals surface area contributed by atoms with Gasteiger partial charge in [-0.2, -0.15) is 5.10 Å². The fourth-order valence-electron chi connectivity index (χ4n) is 3.77. The number of benzene rings is 1. The molecular weight excluding hydrogens is 405 g/mol. The third kappa shape index (κ3) is 4.83. The van der Waals surface area contributed by atoms with Crippen LogP contribution < -0.4 is 0 Å². The molecule has 6 nitrogen and oxygen atoms in total. The maximum absolute atomic E-state index is 14.2. The quantitative estimate of drug-likeness (QED) is 0.422. The van der Waals surface area contributed by atoms with Crippen molar-refractivity contribution in [3.05, 3.63) is 71.2 Å². The predicted octanol–water partition coefficient (Wildman–Crippen LogP) is 5.42. The zero-order chi connectivity index (χ0) is 22.7. The maximum atomic E-state index is 14.2. The van der Waals surface area contributed by atoms with Gasteiger partial charge >= 0.3 is 0 Å². The molecule has 1 saturated heterocycles. The second-order valence-electron chi connectivity index (χ2n) is 8.21. The van der Waals surface area contributed by atoms with Crippen molar-refractivity contribution in [2.75, 3.05) is 6.61 Å². The van der Waals surface area contributed by atoms with Gasteiger partial charge < -0.3 is 4.74 Å². The highest BCUT2D eigenvalue weighted by molar-refractivity contribution is 5.89. The van der Waals surface area contributed by atoms with Gasteiger partial charge in [-0.3, -0.25) is 9.67 Å². The van der Waals surface area contributed by atoms with Crippen molar-refractivity contribution in [3.63, 3.8) is 0 Å². The van der Waals surface area contributed by atoms with E-state index in [9.17, 15) is 4.39 Å². The van der Waals surface area contributed by atoms with Crippen LogP contribution in [0, 0.1) is 26.6 Å². The van der Waals surface area contributed by atoms with Gasteiger partial charge in [-0.25, -0.2) is 14.4 Å². The molecule has 0 aliphatic carbocycles. The lowest BCUT2D eigenvalue weighted by Crippen LogP contribution is -2.10. The first-order chi connectivity index (χ1) is 15.4. The van der Waals surface area contributed by atoms with Crippen molar-refractivity contribution in [1.29, 1.82) is 0 Å². The summed E-state index contributed by atoms with van der Waals surface area (Å²) in [5.41, 5.74) is 6.17. The summed E-state index contributed by atoms with van der Waals surface area (Å²) in [7, 11) is 1.94. The molecule has 4 aromatic rings. The number of halogens is 1. The third-order valence-corrected chi connectivity index (χ3v) is 5.65. The summed E-state index contributed by atoms with van der Waals surface area (Å²) in [6, 6.07) is 6.91. The Morgan fingerprint density at radius 2 is 1.88 bits per heavy atom. The van der Waals surface area contributed by atoms with E-state index in [-0.39, 0.29) is 5.82 Å². The molecule has 1 aliphatic heterocycles. The Morgan fingerprint density at radius 3 is 2.56 bits per heavy atom. The zero-order valence-electron chi connectivity index (χ0n) is 19.0. The van der Waals surface area contributed by atoms with Gasteiger partial charge in [0.05, 0.1) is 29.2 Å². The first kappa shape index (κ1) is 22.0. The highest BCUT2D eigenvalue weighted by Gasteiger charge is 2.17. The Hall–Kier alpha value is -3.19. The predicted molar refractivity (Wildman–Crippen MR) is 123 cm³/mol. The normalized spacial score (nSPS) is 16.0. The zero-order valence-corrected chi connectivity index (χ0v) is 19.0. The van der Waals surface area contributed by atoms with Gasteiger partial charge in [0.1, 0.15) is 17.0 Å². The fourth-order valence-corrected chi connectivity index (χ4v) is 3.77. The number of pyridine rings is 1. The number of aryl methyl sites for hydroxylation is 4. The molecule has 0 bridgehead atoms. The van der Waals surface area contributed by atoms with Crippen LogP contribution in [-0.2, 0) is 11.8 Å². The van der Waals surface area contributed by atoms with Crippen molar-refractivity contribution in [3.8, 4) is 11.3 Å². The van der Waals surface area contributed by atoms with E-state index >= 15 is 0 Å². The first-order valence-corrected chi connectivity index (χ1v) is 10.9. The molecule has 1 unspecified atom stereocenters. The van der Waals surface area contributed by atoms with Gasteiger partial charge in [-0.05, 0) is 63.8 Å². The summed E-state index contributed by atoms with van der Waals surface area (Å²) in [5, 5.41) is 4.13. The second-order valence-corrected chi connectivity index (χ2v) is 8.21. The summed E-state index contributed by atoms with van der Waals surface area (Å²) in [6.07, 6.45) is 9.50. The molecule has 1 atom stereocenters. The SMILES string of the molecule is Cc1ccc(-c2nccc3nc(C)c(C)nc23)c(F)c1.Cn1cc(C2CCCCO2)cn1. The Bertz CT molecular complexity index is 1230. The van der Waals surface area contributed by atoms with Crippen LogP contribution in [0.4, 0.5) is 4.39 Å². The number of aromatic nitrogens is 5. The van der Waals surface area contributed by atoms with Crippen molar-refractivity contribution in [1.82, 2.24) is 24.7 Å². The molecule has 3 aromatic heterocycles. The summed E-state index contributed by atoms with van der Waals surface area (Å²) in [6.45, 7) is 6.56. The Labute approximate surface area is 187 Å². The smallest absolute Gasteiger partial charge is 0.132 e. The lowest BCUT2D eigenvalue weighted by Gasteiger charge is -2.21. The number of rotatable bonds is 2. The third-order valence-electron chi connectivity index (χ3n) is 5.65. The molecule has 166 valence electrons. The molecule has 1 aliphatic rings.